The number of aromatic hydroxyl groups is 1. The molecule has 164 valence electrons. The summed E-state index contributed by atoms with van der Waals surface area (Å²) in [5.74, 6) is -0.844. The summed E-state index contributed by atoms with van der Waals surface area (Å²) in [6, 6.07) is 13.1. The molecule has 32 heavy (non-hydrogen) atoms. The van der Waals surface area contributed by atoms with Crippen LogP contribution in [0.4, 0.5) is 0 Å². The van der Waals surface area contributed by atoms with Gasteiger partial charge >= 0.3 is 5.97 Å². The number of rotatable bonds is 7. The highest BCUT2D eigenvalue weighted by molar-refractivity contribution is 7.80. The van der Waals surface area contributed by atoms with Crippen LogP contribution >= 0.6 is 12.2 Å². The number of aromatic carboxylic acids is 1. The molecule has 4 rings (SSSR count). The molecule has 0 fully saturated rings. The molecular weight excluding hydrogens is 422 g/mol. The standard InChI is InChI=1S/C25H25N3O3S/c1-15(26-14-21(32)12-16-5-3-8-20(11-16)25(30)31)22-24(29)23(28(2)27-22)19-10-9-17-6-4-7-18(17)13-19/h3,5,8-11,13,29H,4,6-7,12,14H2,1-2H3,(H,30,31). The third-order valence-corrected chi connectivity index (χ3v) is 6.08. The average molecular weight is 448 g/mol. The molecule has 0 aliphatic heterocycles. The van der Waals surface area contributed by atoms with Gasteiger partial charge in [-0.2, -0.15) is 5.10 Å². The summed E-state index contributed by atoms with van der Waals surface area (Å²) in [5, 5.41) is 24.5. The lowest BCUT2D eigenvalue weighted by Gasteiger charge is -2.06. The Kier molecular flexibility index (Phi) is 6.19. The predicted molar refractivity (Wildman–Crippen MR) is 129 cm³/mol. The highest BCUT2D eigenvalue weighted by atomic mass is 32.1. The molecule has 0 amide bonds. The Hall–Kier alpha value is -3.32. The highest BCUT2D eigenvalue weighted by Crippen LogP contribution is 2.35. The Labute approximate surface area is 192 Å². The van der Waals surface area contributed by atoms with Crippen LogP contribution in [-0.4, -0.2) is 43.1 Å². The first-order valence-electron chi connectivity index (χ1n) is 10.6. The normalized spacial score (nSPS) is 13.2. The van der Waals surface area contributed by atoms with Crippen LogP contribution in [0, 0.1) is 0 Å². The topological polar surface area (TPSA) is 87.7 Å². The molecule has 2 aromatic carbocycles. The number of carboxylic acid groups (broad SMARTS) is 1. The maximum absolute atomic E-state index is 11.1. The first-order valence-corrected chi connectivity index (χ1v) is 11.0. The molecule has 0 spiro atoms. The highest BCUT2D eigenvalue weighted by Gasteiger charge is 2.21. The van der Waals surface area contributed by atoms with Gasteiger partial charge < -0.3 is 10.2 Å². The maximum Gasteiger partial charge on any atom is 0.335 e. The van der Waals surface area contributed by atoms with Crippen molar-refractivity contribution in [3.8, 4) is 17.0 Å². The molecular formula is C25H25N3O3S. The van der Waals surface area contributed by atoms with Gasteiger partial charge in [0.15, 0.2) is 5.75 Å². The van der Waals surface area contributed by atoms with Crippen molar-refractivity contribution in [2.75, 3.05) is 6.54 Å². The number of hydrogen-bond acceptors (Lipinski definition) is 5. The zero-order valence-electron chi connectivity index (χ0n) is 18.1. The van der Waals surface area contributed by atoms with Crippen LogP contribution in [0.1, 0.15) is 46.1 Å². The van der Waals surface area contributed by atoms with Crippen molar-refractivity contribution in [2.24, 2.45) is 12.0 Å². The zero-order valence-corrected chi connectivity index (χ0v) is 18.9. The van der Waals surface area contributed by atoms with Crippen LogP contribution < -0.4 is 0 Å². The van der Waals surface area contributed by atoms with E-state index in [0.29, 0.717) is 34.9 Å². The number of nitrogens with zero attached hydrogens (tertiary/aromatic N) is 3. The number of carboxylic acids is 1. The van der Waals surface area contributed by atoms with Gasteiger partial charge in [0, 0.05) is 23.9 Å². The van der Waals surface area contributed by atoms with E-state index >= 15 is 0 Å². The second-order valence-corrected chi connectivity index (χ2v) is 8.71. The number of aliphatic imine (C=N–C) groups is 1. The average Bonchev–Trinajstić information content (AvgIpc) is 3.35. The molecule has 1 heterocycles. The Morgan fingerprint density at radius 2 is 1.97 bits per heavy atom. The summed E-state index contributed by atoms with van der Waals surface area (Å²) in [6.07, 6.45) is 3.82. The molecule has 0 unspecified atom stereocenters. The molecule has 3 aromatic rings. The van der Waals surface area contributed by atoms with Gasteiger partial charge in [0.1, 0.15) is 11.4 Å². The Bertz CT molecular complexity index is 1240. The van der Waals surface area contributed by atoms with Gasteiger partial charge in [-0.1, -0.05) is 36.5 Å². The van der Waals surface area contributed by atoms with Crippen LogP contribution in [-0.2, 0) is 26.3 Å². The van der Waals surface area contributed by atoms with Gasteiger partial charge in [-0.3, -0.25) is 9.67 Å². The fraction of sp³-hybridized carbons (Fsp3) is 0.280. The van der Waals surface area contributed by atoms with Gasteiger partial charge in [-0.05, 0) is 61.1 Å². The van der Waals surface area contributed by atoms with Crippen LogP contribution in [0.5, 0.6) is 5.75 Å². The van der Waals surface area contributed by atoms with Crippen molar-refractivity contribution < 1.29 is 15.0 Å². The van der Waals surface area contributed by atoms with Gasteiger partial charge in [0.2, 0.25) is 0 Å². The summed E-state index contributed by atoms with van der Waals surface area (Å²) in [4.78, 5) is 16.4. The summed E-state index contributed by atoms with van der Waals surface area (Å²) < 4.78 is 1.69. The molecule has 1 aliphatic rings. The lowest BCUT2D eigenvalue weighted by atomic mass is 10.0. The molecule has 2 N–H and O–H groups in total. The third kappa shape index (κ3) is 4.48. The summed E-state index contributed by atoms with van der Waals surface area (Å²) in [5.41, 5.74) is 6.47. The number of carbonyl (C=O) groups is 1. The molecule has 0 bridgehead atoms. The molecule has 0 atom stereocenters. The molecule has 6 nitrogen and oxygen atoms in total. The quantitative estimate of drug-likeness (QED) is 0.414. The molecule has 1 aromatic heterocycles. The number of hydrogen-bond donors (Lipinski definition) is 2. The van der Waals surface area contributed by atoms with Crippen LogP contribution in [0.2, 0.25) is 0 Å². The van der Waals surface area contributed by atoms with Gasteiger partial charge in [-0.25, -0.2) is 4.79 Å². The summed E-state index contributed by atoms with van der Waals surface area (Å²) >= 11 is 5.46. The van der Waals surface area contributed by atoms with Crippen LogP contribution in [0.25, 0.3) is 11.3 Å². The predicted octanol–water partition coefficient (Wildman–Crippen LogP) is 4.40. The van der Waals surface area contributed by atoms with Gasteiger partial charge in [0.05, 0.1) is 17.8 Å². The SMILES string of the molecule is CC(=NCC(=S)Cc1cccc(C(=O)O)c1)c1nn(C)c(-c2ccc3c(c2)CCC3)c1O. The lowest BCUT2D eigenvalue weighted by Crippen LogP contribution is -2.08. The zero-order chi connectivity index (χ0) is 22.8. The molecule has 0 saturated carbocycles. The smallest absolute Gasteiger partial charge is 0.335 e. The van der Waals surface area contributed by atoms with Crippen molar-refractivity contribution >= 4 is 28.8 Å². The van der Waals surface area contributed by atoms with E-state index in [9.17, 15) is 9.90 Å². The number of thiocarbonyl (C=S) groups is 1. The second-order valence-electron chi connectivity index (χ2n) is 8.13. The number of aromatic nitrogens is 2. The Morgan fingerprint density at radius 3 is 2.75 bits per heavy atom. The van der Waals surface area contributed by atoms with E-state index in [4.69, 9.17) is 17.3 Å². The molecule has 0 saturated heterocycles. The van der Waals surface area contributed by atoms with Gasteiger partial charge in [0.25, 0.3) is 0 Å². The lowest BCUT2D eigenvalue weighted by molar-refractivity contribution is 0.0696. The fourth-order valence-electron chi connectivity index (χ4n) is 4.18. The first kappa shape index (κ1) is 21.9. The van der Waals surface area contributed by atoms with E-state index in [2.05, 4.69) is 22.2 Å². The van der Waals surface area contributed by atoms with E-state index < -0.39 is 5.97 Å². The summed E-state index contributed by atoms with van der Waals surface area (Å²) in [7, 11) is 1.82. The van der Waals surface area contributed by atoms with Crippen molar-refractivity contribution in [1.82, 2.24) is 9.78 Å². The minimum absolute atomic E-state index is 0.117. The Morgan fingerprint density at radius 1 is 1.19 bits per heavy atom. The van der Waals surface area contributed by atoms with E-state index in [1.165, 1.54) is 17.5 Å². The largest absolute Gasteiger partial charge is 0.504 e. The van der Waals surface area contributed by atoms with Gasteiger partial charge in [-0.15, -0.1) is 0 Å². The minimum Gasteiger partial charge on any atom is -0.504 e. The van der Waals surface area contributed by atoms with Crippen LogP contribution in [0.15, 0.2) is 47.5 Å². The number of fused-ring (bicyclic) bond motifs is 1. The second kappa shape index (κ2) is 9.04. The van der Waals surface area contributed by atoms with Crippen molar-refractivity contribution in [3.63, 3.8) is 0 Å². The Balaban J connectivity index is 1.50. The van der Waals surface area contributed by atoms with Crippen molar-refractivity contribution in [3.05, 3.63) is 70.4 Å². The fourth-order valence-corrected chi connectivity index (χ4v) is 4.41. The molecule has 7 heteroatoms. The molecule has 1 aliphatic carbocycles. The van der Waals surface area contributed by atoms with Crippen molar-refractivity contribution in [2.45, 2.75) is 32.6 Å². The maximum atomic E-state index is 11.1. The third-order valence-electron chi connectivity index (χ3n) is 5.80. The first-order chi connectivity index (χ1) is 15.3. The van der Waals surface area contributed by atoms with E-state index in [0.717, 1.165) is 24.0 Å². The van der Waals surface area contributed by atoms with E-state index in [1.54, 1.807) is 22.9 Å². The van der Waals surface area contributed by atoms with Crippen molar-refractivity contribution in [1.29, 1.82) is 0 Å². The van der Waals surface area contributed by atoms with Crippen LogP contribution in [0.3, 0.4) is 0 Å². The minimum atomic E-state index is -0.962. The van der Waals surface area contributed by atoms with E-state index in [-0.39, 0.29) is 11.3 Å². The monoisotopic (exact) mass is 447 g/mol. The molecule has 0 radical (unpaired) electrons. The number of aryl methyl sites for hydroxylation is 3. The number of benzene rings is 2. The van der Waals surface area contributed by atoms with E-state index in [1.807, 2.05) is 26.1 Å². The summed E-state index contributed by atoms with van der Waals surface area (Å²) in [6.45, 7) is 2.10.